The van der Waals surface area contributed by atoms with Gasteiger partial charge in [-0.15, -0.1) is 0 Å². The van der Waals surface area contributed by atoms with Gasteiger partial charge >= 0.3 is 19.8 Å². The number of phosphoric acid groups is 1. The van der Waals surface area contributed by atoms with E-state index in [0.29, 0.717) is 12.8 Å². The van der Waals surface area contributed by atoms with E-state index in [4.69, 9.17) is 24.3 Å². The number of nitrogens with two attached hydrogens (primary N) is 1. The summed E-state index contributed by atoms with van der Waals surface area (Å²) in [6.07, 6.45) is 48.0. The summed E-state index contributed by atoms with van der Waals surface area (Å²) in [4.78, 5) is 34.8. The zero-order valence-electron chi connectivity index (χ0n) is 33.9. The molecule has 0 saturated heterocycles. The van der Waals surface area contributed by atoms with Crippen LogP contribution in [0.5, 0.6) is 0 Å². The zero-order chi connectivity index (χ0) is 39.6. The van der Waals surface area contributed by atoms with Crippen LogP contribution in [0.25, 0.3) is 0 Å². The van der Waals surface area contributed by atoms with Crippen LogP contribution in [-0.4, -0.2) is 49.3 Å². The fraction of sp³-hybridized carbons (Fsp3) is 0.682. The molecule has 2 atom stereocenters. The Labute approximate surface area is 329 Å². The van der Waals surface area contributed by atoms with Gasteiger partial charge in [-0.3, -0.25) is 18.6 Å². The zero-order valence-corrected chi connectivity index (χ0v) is 34.8. The minimum atomic E-state index is -4.39. The molecular weight excluding hydrogens is 701 g/mol. The molecule has 0 aliphatic carbocycles. The molecule has 0 aromatic rings. The van der Waals surface area contributed by atoms with Crippen LogP contribution in [0.1, 0.15) is 162 Å². The van der Waals surface area contributed by atoms with Gasteiger partial charge in [0, 0.05) is 19.4 Å². The second kappa shape index (κ2) is 40.1. The predicted octanol–water partition coefficient (Wildman–Crippen LogP) is 11.9. The SMILES string of the molecule is CC/C=C/C/C=C/C/C=C/C/C=C/CCCCCCCCCC(=O)OCC(COP(=O)(O)OCCN)OC(=O)CC/C=C/C/C=C/CCCCCCCC. The average molecular weight is 778 g/mol. The van der Waals surface area contributed by atoms with Crippen molar-refractivity contribution >= 4 is 19.8 Å². The molecule has 0 fully saturated rings. The van der Waals surface area contributed by atoms with Crippen molar-refractivity contribution in [1.82, 2.24) is 0 Å². The van der Waals surface area contributed by atoms with Crippen LogP contribution in [0.2, 0.25) is 0 Å². The van der Waals surface area contributed by atoms with Crippen LogP contribution in [0, 0.1) is 0 Å². The van der Waals surface area contributed by atoms with E-state index in [1.165, 1.54) is 57.8 Å². The molecule has 3 N–H and O–H groups in total. The summed E-state index contributed by atoms with van der Waals surface area (Å²) in [5.41, 5.74) is 5.33. The quantitative estimate of drug-likeness (QED) is 0.0272. The number of hydrogen-bond acceptors (Lipinski definition) is 8. The van der Waals surface area contributed by atoms with E-state index in [1.807, 2.05) is 12.2 Å². The van der Waals surface area contributed by atoms with E-state index in [1.54, 1.807) is 0 Å². The van der Waals surface area contributed by atoms with E-state index >= 15 is 0 Å². The van der Waals surface area contributed by atoms with Crippen LogP contribution in [-0.2, 0) is 32.7 Å². The molecule has 0 aromatic carbocycles. The molecule has 0 amide bonds. The number of ether oxygens (including phenoxy) is 2. The van der Waals surface area contributed by atoms with Crippen molar-refractivity contribution in [2.24, 2.45) is 5.73 Å². The van der Waals surface area contributed by atoms with Gasteiger partial charge < -0.3 is 20.1 Å². The molecule has 0 bridgehead atoms. The normalized spacial score (nSPS) is 14.1. The molecule has 54 heavy (non-hydrogen) atoms. The van der Waals surface area contributed by atoms with Crippen molar-refractivity contribution in [2.75, 3.05) is 26.4 Å². The maximum Gasteiger partial charge on any atom is 0.472 e. The fourth-order valence-electron chi connectivity index (χ4n) is 5.27. The van der Waals surface area contributed by atoms with Gasteiger partial charge in [0.05, 0.1) is 13.2 Å². The minimum Gasteiger partial charge on any atom is -0.462 e. The molecule has 9 nitrogen and oxygen atoms in total. The Morgan fingerprint density at radius 1 is 0.574 bits per heavy atom. The Hall–Kier alpha value is -2.55. The van der Waals surface area contributed by atoms with Crippen molar-refractivity contribution in [3.05, 3.63) is 72.9 Å². The average Bonchev–Trinajstić information content (AvgIpc) is 3.16. The summed E-state index contributed by atoms with van der Waals surface area (Å²) in [6.45, 7) is 3.51. The molecule has 0 aliphatic heterocycles. The number of esters is 2. The molecule has 0 saturated carbocycles. The minimum absolute atomic E-state index is 0.0407. The number of carbonyl (C=O) groups is 2. The maximum absolute atomic E-state index is 12.5. The Morgan fingerprint density at radius 3 is 1.59 bits per heavy atom. The third kappa shape index (κ3) is 39.2. The summed E-state index contributed by atoms with van der Waals surface area (Å²) < 4.78 is 32.6. The van der Waals surface area contributed by atoms with Gasteiger partial charge in [0.2, 0.25) is 0 Å². The van der Waals surface area contributed by atoms with Gasteiger partial charge in [0.15, 0.2) is 6.10 Å². The smallest absolute Gasteiger partial charge is 0.462 e. The van der Waals surface area contributed by atoms with Gasteiger partial charge in [-0.25, -0.2) is 4.57 Å². The number of carbonyl (C=O) groups excluding carboxylic acids is 2. The first-order chi connectivity index (χ1) is 26.3. The third-order valence-electron chi connectivity index (χ3n) is 8.34. The number of allylic oxidation sites excluding steroid dienone is 12. The fourth-order valence-corrected chi connectivity index (χ4v) is 6.03. The van der Waals surface area contributed by atoms with Crippen molar-refractivity contribution in [3.63, 3.8) is 0 Å². The molecule has 0 rings (SSSR count). The molecule has 0 aliphatic rings. The summed E-state index contributed by atoms with van der Waals surface area (Å²) in [5, 5.41) is 0. The standard InChI is InChI=1S/C44H76NO8P/c1-3-5-7-9-11-13-15-17-18-19-20-21-22-23-25-26-28-30-32-34-36-43(46)50-40-42(41-52-54(48,49)51-39-38-45)53-44(47)37-35-33-31-29-27-24-16-14-12-10-8-6-4-2/h5,7,11,13,17-18,20-21,24,27,31,33,42H,3-4,6,8-10,12,14-16,19,22-23,25-26,28-30,32,34-41,45H2,1-2H3,(H,48,49)/b7-5+,13-11+,18-17+,21-20+,27-24+,33-31+. The highest BCUT2D eigenvalue weighted by molar-refractivity contribution is 7.47. The highest BCUT2D eigenvalue weighted by Gasteiger charge is 2.25. The number of hydrogen-bond donors (Lipinski definition) is 2. The lowest BCUT2D eigenvalue weighted by Crippen LogP contribution is -2.29. The molecule has 310 valence electrons. The molecule has 0 radical (unpaired) electrons. The Morgan fingerprint density at radius 2 is 1.06 bits per heavy atom. The highest BCUT2D eigenvalue weighted by Crippen LogP contribution is 2.43. The summed E-state index contributed by atoms with van der Waals surface area (Å²) in [5.74, 6) is -0.926. The maximum atomic E-state index is 12.5. The lowest BCUT2D eigenvalue weighted by molar-refractivity contribution is -0.161. The molecule has 0 aromatic heterocycles. The van der Waals surface area contributed by atoms with Crippen LogP contribution in [0.15, 0.2) is 72.9 Å². The molecule has 10 heteroatoms. The number of phosphoric ester groups is 1. The Bertz CT molecular complexity index is 1110. The molecular formula is C44H76NO8P. The lowest BCUT2D eigenvalue weighted by Gasteiger charge is -2.19. The van der Waals surface area contributed by atoms with Crippen molar-refractivity contribution in [2.45, 2.75) is 168 Å². The summed E-state index contributed by atoms with van der Waals surface area (Å²) in [7, 11) is -4.39. The monoisotopic (exact) mass is 778 g/mol. The second-order valence-corrected chi connectivity index (χ2v) is 14.9. The molecule has 2 unspecified atom stereocenters. The summed E-state index contributed by atoms with van der Waals surface area (Å²) in [6, 6.07) is 0. The van der Waals surface area contributed by atoms with E-state index in [9.17, 15) is 19.0 Å². The van der Waals surface area contributed by atoms with E-state index < -0.39 is 32.5 Å². The largest absolute Gasteiger partial charge is 0.472 e. The second-order valence-electron chi connectivity index (χ2n) is 13.5. The van der Waals surface area contributed by atoms with Crippen LogP contribution >= 0.6 is 7.82 Å². The van der Waals surface area contributed by atoms with E-state index in [2.05, 4.69) is 74.6 Å². The van der Waals surface area contributed by atoms with Gasteiger partial charge in [-0.2, -0.15) is 0 Å². The first kappa shape index (κ1) is 51.5. The van der Waals surface area contributed by atoms with Gasteiger partial charge in [-0.1, -0.05) is 151 Å². The number of rotatable bonds is 38. The van der Waals surface area contributed by atoms with E-state index in [0.717, 1.165) is 64.2 Å². The van der Waals surface area contributed by atoms with E-state index in [-0.39, 0.29) is 32.6 Å². The molecule has 0 heterocycles. The Kier molecular flexibility index (Phi) is 38.2. The first-order valence-corrected chi connectivity index (χ1v) is 22.4. The van der Waals surface area contributed by atoms with Gasteiger partial charge in [0.25, 0.3) is 0 Å². The predicted molar refractivity (Wildman–Crippen MR) is 224 cm³/mol. The first-order valence-electron chi connectivity index (χ1n) is 20.9. The van der Waals surface area contributed by atoms with Crippen LogP contribution < -0.4 is 5.73 Å². The van der Waals surface area contributed by atoms with Crippen molar-refractivity contribution in [1.29, 1.82) is 0 Å². The van der Waals surface area contributed by atoms with Crippen LogP contribution in [0.3, 0.4) is 0 Å². The highest BCUT2D eigenvalue weighted by atomic mass is 31.2. The van der Waals surface area contributed by atoms with Crippen LogP contribution in [0.4, 0.5) is 0 Å². The van der Waals surface area contributed by atoms with Crippen molar-refractivity contribution in [3.8, 4) is 0 Å². The van der Waals surface area contributed by atoms with Gasteiger partial charge in [-0.05, 0) is 70.6 Å². The topological polar surface area (TPSA) is 134 Å². The third-order valence-corrected chi connectivity index (χ3v) is 9.32. The van der Waals surface area contributed by atoms with Gasteiger partial charge in [0.1, 0.15) is 6.61 Å². The Balaban J connectivity index is 4.23. The number of unbranched alkanes of at least 4 members (excludes halogenated alkanes) is 13. The summed E-state index contributed by atoms with van der Waals surface area (Å²) >= 11 is 0. The van der Waals surface area contributed by atoms with Crippen molar-refractivity contribution < 1.29 is 37.6 Å². The lowest BCUT2D eigenvalue weighted by atomic mass is 10.1. The molecule has 0 spiro atoms.